The topological polar surface area (TPSA) is 58.6 Å². The van der Waals surface area contributed by atoms with Gasteiger partial charge < -0.3 is 15.0 Å². The fourth-order valence-corrected chi connectivity index (χ4v) is 2.78. The first-order chi connectivity index (χ1) is 10.6. The zero-order valence-electron chi connectivity index (χ0n) is 13.2. The van der Waals surface area contributed by atoms with Crippen LogP contribution in [0.15, 0.2) is 30.3 Å². The second-order valence-electron chi connectivity index (χ2n) is 5.99. The fraction of sp³-hybridized carbons (Fsp3) is 0.529. The van der Waals surface area contributed by atoms with Gasteiger partial charge in [0.2, 0.25) is 5.91 Å². The van der Waals surface area contributed by atoms with Crippen molar-refractivity contribution in [2.75, 3.05) is 14.1 Å². The van der Waals surface area contributed by atoms with Gasteiger partial charge in [-0.1, -0.05) is 30.3 Å². The maximum absolute atomic E-state index is 11.9. The Morgan fingerprint density at radius 3 is 2.36 bits per heavy atom. The highest BCUT2D eigenvalue weighted by atomic mass is 16.5. The van der Waals surface area contributed by atoms with Crippen molar-refractivity contribution in [1.82, 2.24) is 10.2 Å². The Hall–Kier alpha value is -2.04. The van der Waals surface area contributed by atoms with Crippen molar-refractivity contribution in [3.63, 3.8) is 0 Å². The number of hydrogen-bond acceptors (Lipinski definition) is 3. The lowest BCUT2D eigenvalue weighted by Gasteiger charge is -2.29. The van der Waals surface area contributed by atoms with Crippen LogP contribution in [-0.4, -0.2) is 37.0 Å². The van der Waals surface area contributed by atoms with Gasteiger partial charge in [-0.15, -0.1) is 0 Å². The van der Waals surface area contributed by atoms with Gasteiger partial charge >= 0.3 is 6.09 Å². The third kappa shape index (κ3) is 4.76. The Bertz CT molecular complexity index is 494. The van der Waals surface area contributed by atoms with E-state index in [4.69, 9.17) is 4.74 Å². The van der Waals surface area contributed by atoms with Gasteiger partial charge in [-0.05, 0) is 31.2 Å². The largest absolute Gasteiger partial charge is 0.445 e. The van der Waals surface area contributed by atoms with Crippen LogP contribution in [0.2, 0.25) is 0 Å². The summed E-state index contributed by atoms with van der Waals surface area (Å²) in [6, 6.07) is 9.71. The summed E-state index contributed by atoms with van der Waals surface area (Å²) in [7, 11) is 3.57. The molecule has 0 aromatic heterocycles. The summed E-state index contributed by atoms with van der Waals surface area (Å²) in [5.74, 6) is 0.276. The van der Waals surface area contributed by atoms with E-state index in [2.05, 4.69) is 5.32 Å². The molecule has 0 heterocycles. The third-order valence-electron chi connectivity index (χ3n) is 4.05. The molecule has 22 heavy (non-hydrogen) atoms. The van der Waals surface area contributed by atoms with Gasteiger partial charge in [0.25, 0.3) is 0 Å². The average Bonchev–Trinajstić information content (AvgIpc) is 2.54. The molecular formula is C17H24N2O3. The van der Waals surface area contributed by atoms with E-state index in [-0.39, 0.29) is 30.6 Å². The van der Waals surface area contributed by atoms with Crippen molar-refractivity contribution >= 4 is 12.0 Å². The molecule has 0 radical (unpaired) electrons. The first kappa shape index (κ1) is 16.3. The molecule has 1 N–H and O–H groups in total. The van der Waals surface area contributed by atoms with Gasteiger partial charge in [-0.3, -0.25) is 4.79 Å². The number of ether oxygens (including phenoxy) is 1. The SMILES string of the molecule is CN(C)C(=O)[C@H]1CC[C@H](NC(=O)OCc2ccccc2)CC1. The van der Waals surface area contributed by atoms with Gasteiger partial charge in [-0.2, -0.15) is 0 Å². The number of benzene rings is 1. The number of hydrogen-bond donors (Lipinski definition) is 1. The van der Waals surface area contributed by atoms with Gasteiger partial charge in [0, 0.05) is 26.1 Å². The van der Waals surface area contributed by atoms with E-state index in [0.29, 0.717) is 0 Å². The molecule has 1 saturated carbocycles. The van der Waals surface area contributed by atoms with Crippen molar-refractivity contribution in [2.24, 2.45) is 5.92 Å². The Labute approximate surface area is 131 Å². The lowest BCUT2D eigenvalue weighted by molar-refractivity contribution is -0.134. The van der Waals surface area contributed by atoms with Crippen LogP contribution in [0.5, 0.6) is 0 Å². The van der Waals surface area contributed by atoms with Crippen molar-refractivity contribution in [3.8, 4) is 0 Å². The highest BCUT2D eigenvalue weighted by Crippen LogP contribution is 2.25. The van der Waals surface area contributed by atoms with Crippen LogP contribution in [0.25, 0.3) is 0 Å². The van der Waals surface area contributed by atoms with Crippen molar-refractivity contribution in [3.05, 3.63) is 35.9 Å². The molecule has 1 aromatic carbocycles. The zero-order chi connectivity index (χ0) is 15.9. The van der Waals surface area contributed by atoms with Crippen molar-refractivity contribution in [2.45, 2.75) is 38.3 Å². The second kappa shape index (κ2) is 7.82. The van der Waals surface area contributed by atoms with Gasteiger partial charge in [0.1, 0.15) is 6.61 Å². The van der Waals surface area contributed by atoms with E-state index in [1.54, 1.807) is 19.0 Å². The number of rotatable bonds is 4. The first-order valence-electron chi connectivity index (χ1n) is 7.74. The molecule has 0 aliphatic heterocycles. The summed E-state index contributed by atoms with van der Waals surface area (Å²) in [5, 5.41) is 2.89. The van der Waals surface area contributed by atoms with Crippen molar-refractivity contribution < 1.29 is 14.3 Å². The summed E-state index contributed by atoms with van der Waals surface area (Å²) in [5.41, 5.74) is 0.970. The lowest BCUT2D eigenvalue weighted by Crippen LogP contribution is -2.40. The molecule has 0 unspecified atom stereocenters. The molecule has 1 aliphatic carbocycles. The van der Waals surface area contributed by atoms with E-state index in [9.17, 15) is 9.59 Å². The molecular weight excluding hydrogens is 280 g/mol. The lowest BCUT2D eigenvalue weighted by atomic mass is 9.85. The molecule has 0 saturated heterocycles. The number of carbonyl (C=O) groups is 2. The standard InChI is InChI=1S/C17H24N2O3/c1-19(2)16(20)14-8-10-15(11-9-14)18-17(21)22-12-13-6-4-3-5-7-13/h3-7,14-15H,8-12H2,1-2H3,(H,18,21)/t14-,15-. The summed E-state index contributed by atoms with van der Waals surface area (Å²) < 4.78 is 5.22. The molecule has 1 fully saturated rings. The van der Waals surface area contributed by atoms with Crippen LogP contribution in [0.4, 0.5) is 4.79 Å². The van der Waals surface area contributed by atoms with Crippen molar-refractivity contribution in [1.29, 1.82) is 0 Å². The molecule has 1 aromatic rings. The average molecular weight is 304 g/mol. The minimum Gasteiger partial charge on any atom is -0.445 e. The smallest absolute Gasteiger partial charge is 0.407 e. The number of amides is 2. The minimum atomic E-state index is -0.383. The fourth-order valence-electron chi connectivity index (χ4n) is 2.78. The number of nitrogens with one attached hydrogen (secondary N) is 1. The number of nitrogens with zero attached hydrogens (tertiary/aromatic N) is 1. The molecule has 120 valence electrons. The quantitative estimate of drug-likeness (QED) is 0.930. The zero-order valence-corrected chi connectivity index (χ0v) is 13.2. The number of alkyl carbamates (subject to hydrolysis) is 1. The third-order valence-corrected chi connectivity index (χ3v) is 4.05. The van der Waals surface area contributed by atoms with E-state index >= 15 is 0 Å². The van der Waals surface area contributed by atoms with E-state index in [1.807, 2.05) is 30.3 Å². The molecule has 0 bridgehead atoms. The number of carbonyl (C=O) groups excluding carboxylic acids is 2. The molecule has 5 heteroatoms. The molecule has 1 aliphatic rings. The molecule has 0 atom stereocenters. The molecule has 2 rings (SSSR count). The predicted molar refractivity (Wildman–Crippen MR) is 84.2 cm³/mol. The molecule has 0 spiro atoms. The van der Waals surface area contributed by atoms with Gasteiger partial charge in [0.15, 0.2) is 0 Å². The molecule has 2 amide bonds. The Balaban J connectivity index is 1.69. The first-order valence-corrected chi connectivity index (χ1v) is 7.74. The molecule has 5 nitrogen and oxygen atoms in total. The summed E-state index contributed by atoms with van der Waals surface area (Å²) >= 11 is 0. The normalized spacial score (nSPS) is 21.0. The Morgan fingerprint density at radius 1 is 1.14 bits per heavy atom. The Kier molecular flexibility index (Phi) is 5.81. The van der Waals surface area contributed by atoms with Crippen LogP contribution >= 0.6 is 0 Å². The van der Waals surface area contributed by atoms with Crippen LogP contribution in [-0.2, 0) is 16.1 Å². The van der Waals surface area contributed by atoms with Crippen LogP contribution in [0.3, 0.4) is 0 Å². The Morgan fingerprint density at radius 2 is 1.77 bits per heavy atom. The van der Waals surface area contributed by atoms with Gasteiger partial charge in [0.05, 0.1) is 0 Å². The van der Waals surface area contributed by atoms with Crippen LogP contribution < -0.4 is 5.32 Å². The van der Waals surface area contributed by atoms with E-state index in [0.717, 1.165) is 31.2 Å². The summed E-state index contributed by atoms with van der Waals surface area (Å²) in [4.78, 5) is 25.3. The van der Waals surface area contributed by atoms with Gasteiger partial charge in [-0.25, -0.2) is 4.79 Å². The van der Waals surface area contributed by atoms with Crippen LogP contribution in [0, 0.1) is 5.92 Å². The van der Waals surface area contributed by atoms with Crippen LogP contribution in [0.1, 0.15) is 31.2 Å². The second-order valence-corrected chi connectivity index (χ2v) is 5.99. The van der Waals surface area contributed by atoms with E-state index < -0.39 is 0 Å². The highest BCUT2D eigenvalue weighted by Gasteiger charge is 2.28. The highest BCUT2D eigenvalue weighted by molar-refractivity contribution is 5.78. The maximum atomic E-state index is 11.9. The summed E-state index contributed by atoms with van der Waals surface area (Å²) in [6.07, 6.45) is 2.91. The summed E-state index contributed by atoms with van der Waals surface area (Å²) in [6.45, 7) is 0.279. The minimum absolute atomic E-state index is 0.0911. The van der Waals surface area contributed by atoms with E-state index in [1.165, 1.54) is 0 Å². The predicted octanol–water partition coefficient (Wildman–Crippen LogP) is 2.56. The maximum Gasteiger partial charge on any atom is 0.407 e. The monoisotopic (exact) mass is 304 g/mol.